The zero-order valence-electron chi connectivity index (χ0n) is 43.4. The van der Waals surface area contributed by atoms with Crippen LogP contribution in [-0.4, -0.2) is 137 Å². The molecular formula is C50H51N19O9S2. The fourth-order valence-corrected chi connectivity index (χ4v) is 9.29. The van der Waals surface area contributed by atoms with Crippen LogP contribution in [0.1, 0.15) is 91.2 Å². The van der Waals surface area contributed by atoms with Gasteiger partial charge in [0.1, 0.15) is 0 Å². The molecule has 6 aromatic heterocycles. The van der Waals surface area contributed by atoms with Gasteiger partial charge in [0.2, 0.25) is 56.5 Å². The van der Waals surface area contributed by atoms with Crippen LogP contribution in [0.5, 0.6) is 0 Å². The number of benzene rings is 1. The molecule has 30 heteroatoms. The number of anilines is 4. The number of fused-ring (bicyclic) bond motifs is 3. The molecule has 6 amide bonds. The SMILES string of the molecule is CS(=O)(=O)c1nc(NC2CC2)n2ncc(/C=C3\CC(=O)NC3=O)c2n1.CS(=O)c1nc(NC2CC2)n2ncc(/C=C3\CC(=O)NC3=O)c2n1.Cc1ccc(CNc2nc(NC3CC3)n3ncc(/C=C4\CC(=O)NC4=O)c3n2)cc1C. The zero-order chi connectivity index (χ0) is 56.1. The van der Waals surface area contributed by atoms with Crippen LogP contribution in [-0.2, 0) is 55.9 Å². The van der Waals surface area contributed by atoms with Gasteiger partial charge in [-0.3, -0.25) is 48.9 Å². The summed E-state index contributed by atoms with van der Waals surface area (Å²) in [7, 11) is -4.99. The van der Waals surface area contributed by atoms with Crippen LogP contribution in [0.25, 0.3) is 35.2 Å². The van der Waals surface area contributed by atoms with E-state index in [2.05, 4.69) is 114 Å². The molecule has 3 saturated carbocycles. The van der Waals surface area contributed by atoms with Crippen molar-refractivity contribution < 1.29 is 41.4 Å². The first-order valence-corrected chi connectivity index (χ1v) is 28.8. The van der Waals surface area contributed by atoms with E-state index in [9.17, 15) is 41.4 Å². The van der Waals surface area contributed by atoms with Gasteiger partial charge in [-0.25, -0.2) is 8.42 Å². The number of rotatable bonds is 14. The Bertz CT molecular complexity index is 4040. The smallest absolute Gasteiger partial charge is 0.254 e. The number of hydrogen-bond donors (Lipinski definition) is 7. The molecule has 412 valence electrons. The van der Waals surface area contributed by atoms with Gasteiger partial charge in [-0.15, -0.1) is 0 Å². The summed E-state index contributed by atoms with van der Waals surface area (Å²) in [5.74, 6) is -0.431. The van der Waals surface area contributed by atoms with Crippen molar-refractivity contribution in [2.24, 2.45) is 0 Å². The number of amides is 6. The summed E-state index contributed by atoms with van der Waals surface area (Å²) in [5.41, 5.74) is 7.59. The third-order valence-electron chi connectivity index (χ3n) is 13.2. The van der Waals surface area contributed by atoms with Crippen molar-refractivity contribution in [1.82, 2.24) is 74.7 Å². The summed E-state index contributed by atoms with van der Waals surface area (Å²) in [6.07, 6.45) is 18.2. The van der Waals surface area contributed by atoms with E-state index in [0.29, 0.717) is 75.6 Å². The summed E-state index contributed by atoms with van der Waals surface area (Å²) in [5, 5.41) is 32.5. The lowest BCUT2D eigenvalue weighted by atomic mass is 10.1. The molecule has 6 fully saturated rings. The molecule has 1 unspecified atom stereocenters. The Labute approximate surface area is 456 Å². The Morgan fingerprint density at radius 1 is 0.588 bits per heavy atom. The Morgan fingerprint density at radius 2 is 1.01 bits per heavy atom. The van der Waals surface area contributed by atoms with Crippen molar-refractivity contribution in [3.8, 4) is 0 Å². The van der Waals surface area contributed by atoms with Gasteiger partial charge in [-0.2, -0.15) is 58.7 Å². The van der Waals surface area contributed by atoms with Crippen LogP contribution >= 0.6 is 0 Å². The molecule has 28 nitrogen and oxygen atoms in total. The van der Waals surface area contributed by atoms with E-state index in [4.69, 9.17) is 0 Å². The summed E-state index contributed by atoms with van der Waals surface area (Å²) in [4.78, 5) is 95.5. The minimum absolute atomic E-state index is 0.0288. The van der Waals surface area contributed by atoms with E-state index in [1.54, 1.807) is 29.1 Å². The van der Waals surface area contributed by atoms with Gasteiger partial charge in [0, 0.05) is 70.6 Å². The van der Waals surface area contributed by atoms with Gasteiger partial charge in [-0.1, -0.05) is 18.2 Å². The van der Waals surface area contributed by atoms with Gasteiger partial charge >= 0.3 is 0 Å². The maximum Gasteiger partial charge on any atom is 0.254 e. The number of carbonyl (C=O) groups is 6. The van der Waals surface area contributed by atoms with Crippen molar-refractivity contribution in [2.75, 3.05) is 33.8 Å². The molecule has 7 N–H and O–H groups in total. The standard InChI is InChI=1S/C22H23N7O2.C14H14N6O4S.C14H14N6O3S/c1-12-3-4-14(7-13(12)2)10-23-21-27-19-16(8-15-9-18(30)26-20(15)31)11-24-29(19)22(28-21)25-17-5-6-17;1-25(23,24)14-18-11-8(4-7-5-10(21)17-12(7)22)6-15-20(11)13(19-14)16-9-2-3-9;1-24(23)14-18-11-8(4-7-5-10(21)17-12(7)22)6-15-20(11)13(19-14)16-9-2-3-9/h3-4,7-8,11,17H,5-6,9-10H2,1-2H3,(H,26,30,31)(H2,23,25,27,28);4,6,9H,2-3,5H2,1H3,(H,16,18,19)(H,17,21,22);4,6,9H,2-3,5H2,1H3,(H,16,18,19)(H,17,21,22)/b15-8+;2*7-4+. The molecule has 0 bridgehead atoms. The number of nitrogens with zero attached hydrogens (tertiary/aromatic N) is 12. The molecule has 9 heterocycles. The second-order valence-electron chi connectivity index (χ2n) is 20.0. The van der Waals surface area contributed by atoms with Crippen LogP contribution in [0.15, 0.2) is 63.8 Å². The third-order valence-corrected chi connectivity index (χ3v) is 14.7. The molecule has 7 aromatic rings. The van der Waals surface area contributed by atoms with E-state index in [1.807, 2.05) is 0 Å². The van der Waals surface area contributed by atoms with Crippen LogP contribution in [0, 0.1) is 13.8 Å². The van der Waals surface area contributed by atoms with E-state index < -0.39 is 32.5 Å². The minimum atomic E-state index is -3.63. The summed E-state index contributed by atoms with van der Waals surface area (Å²) >= 11 is 0. The highest BCUT2D eigenvalue weighted by atomic mass is 32.2. The molecule has 1 atom stereocenters. The van der Waals surface area contributed by atoms with E-state index in [-0.39, 0.29) is 76.4 Å². The lowest BCUT2D eigenvalue weighted by molar-refractivity contribution is -0.125. The van der Waals surface area contributed by atoms with Gasteiger partial charge in [-0.05, 0) is 87.3 Å². The highest BCUT2D eigenvalue weighted by Crippen LogP contribution is 2.29. The van der Waals surface area contributed by atoms with Crippen LogP contribution in [0.2, 0.25) is 0 Å². The van der Waals surface area contributed by atoms with Gasteiger partial charge in [0.15, 0.2) is 16.9 Å². The second-order valence-corrected chi connectivity index (χ2v) is 23.1. The lowest BCUT2D eigenvalue weighted by Crippen LogP contribution is -2.19. The number of nitrogens with one attached hydrogen (secondary N) is 7. The number of sulfone groups is 1. The van der Waals surface area contributed by atoms with E-state index >= 15 is 0 Å². The first-order chi connectivity index (χ1) is 38.3. The molecule has 1 aromatic carbocycles. The molecule has 80 heavy (non-hydrogen) atoms. The maximum atomic E-state index is 12.0. The molecule has 0 radical (unpaired) electrons. The fourth-order valence-electron chi connectivity index (χ4n) is 8.36. The summed E-state index contributed by atoms with van der Waals surface area (Å²) in [6, 6.07) is 7.29. The quantitative estimate of drug-likeness (QED) is 0.0602. The summed E-state index contributed by atoms with van der Waals surface area (Å²) in [6.45, 7) is 4.77. The predicted molar refractivity (Wildman–Crippen MR) is 288 cm³/mol. The topological polar surface area (TPSA) is 367 Å². The first-order valence-electron chi connectivity index (χ1n) is 25.3. The number of aromatic nitrogens is 12. The van der Waals surface area contributed by atoms with Crippen LogP contribution in [0.4, 0.5) is 23.8 Å². The second kappa shape index (κ2) is 21.2. The predicted octanol–water partition coefficient (Wildman–Crippen LogP) is 1.76. The van der Waals surface area contributed by atoms with Crippen molar-refractivity contribution in [1.29, 1.82) is 0 Å². The van der Waals surface area contributed by atoms with Gasteiger partial charge < -0.3 is 21.3 Å². The largest absolute Gasteiger partial charge is 0.351 e. The minimum Gasteiger partial charge on any atom is -0.351 e. The number of imide groups is 3. The number of hydrogen-bond acceptors (Lipinski definition) is 22. The van der Waals surface area contributed by atoms with Crippen LogP contribution < -0.4 is 37.2 Å². The van der Waals surface area contributed by atoms with Crippen LogP contribution in [0.3, 0.4) is 0 Å². The molecule has 3 aliphatic heterocycles. The highest BCUT2D eigenvalue weighted by Gasteiger charge is 2.30. The number of carbonyl (C=O) groups excluding carboxylic acids is 6. The molecule has 3 saturated heterocycles. The first kappa shape index (κ1) is 52.8. The molecular weight excluding hydrogens is 1070 g/mol. The normalized spacial score (nSPS) is 19.1. The van der Waals surface area contributed by atoms with E-state index in [1.165, 1.54) is 38.7 Å². The molecule has 13 rings (SSSR count). The average Bonchev–Trinajstić information content (AvgIpc) is 4.41. The highest BCUT2D eigenvalue weighted by molar-refractivity contribution is 7.90. The molecule has 0 spiro atoms. The van der Waals surface area contributed by atoms with Crippen molar-refractivity contribution in [3.05, 3.63) is 86.9 Å². The number of aryl methyl sites for hydroxylation is 2. The van der Waals surface area contributed by atoms with Crippen molar-refractivity contribution in [3.63, 3.8) is 0 Å². The van der Waals surface area contributed by atoms with Gasteiger partial charge in [0.25, 0.3) is 22.9 Å². The average molecular weight is 1130 g/mol. The Morgan fingerprint density at radius 3 is 1.41 bits per heavy atom. The van der Waals surface area contributed by atoms with Crippen molar-refractivity contribution >= 4 is 115 Å². The van der Waals surface area contributed by atoms with Gasteiger partial charge in [0.05, 0.1) is 48.7 Å². The third kappa shape index (κ3) is 11.9. The lowest BCUT2D eigenvalue weighted by Gasteiger charge is -2.11. The van der Waals surface area contributed by atoms with Crippen molar-refractivity contribution in [2.45, 2.75) is 107 Å². The summed E-state index contributed by atoms with van der Waals surface area (Å²) < 4.78 is 40.2. The maximum absolute atomic E-state index is 12.0. The van der Waals surface area contributed by atoms with E-state index in [0.717, 1.165) is 50.3 Å². The monoisotopic (exact) mass is 1130 g/mol. The zero-order valence-corrected chi connectivity index (χ0v) is 45.0. The Hall–Kier alpha value is -9.19. The Kier molecular flexibility index (Phi) is 14.0. The molecule has 6 aliphatic rings. The Balaban J connectivity index is 0.000000128. The molecule has 3 aliphatic carbocycles. The fraction of sp³-hybridized carbons (Fsp3) is 0.340.